The van der Waals surface area contributed by atoms with Crippen LogP contribution in [0.4, 0.5) is 11.4 Å². The Hall–Kier alpha value is -2.80. The zero-order valence-corrected chi connectivity index (χ0v) is 17.8. The van der Waals surface area contributed by atoms with E-state index in [1.807, 2.05) is 62.4 Å². The fraction of sp³-hybridized carbons (Fsp3) is 0.318. The predicted molar refractivity (Wildman–Crippen MR) is 119 cm³/mol. The number of benzene rings is 2. The zero-order valence-electron chi connectivity index (χ0n) is 17.0. The third-order valence-corrected chi connectivity index (χ3v) is 5.09. The van der Waals surface area contributed by atoms with E-state index >= 15 is 0 Å². The van der Waals surface area contributed by atoms with Gasteiger partial charge in [0.05, 0.1) is 17.5 Å². The molecule has 0 fully saturated rings. The first-order valence-corrected chi connectivity index (χ1v) is 10.7. The summed E-state index contributed by atoms with van der Waals surface area (Å²) in [5.74, 6) is 0.112. The molecule has 0 aliphatic carbocycles. The molecule has 2 aromatic rings. The van der Waals surface area contributed by atoms with E-state index < -0.39 is 0 Å². The minimum absolute atomic E-state index is 0.0393. The smallest absolute Gasteiger partial charge is 0.234 e. The summed E-state index contributed by atoms with van der Waals surface area (Å²) >= 11 is 1.27. The largest absolute Gasteiger partial charge is 0.349 e. The first kappa shape index (κ1) is 22.5. The van der Waals surface area contributed by atoms with Gasteiger partial charge in [-0.1, -0.05) is 31.2 Å². The van der Waals surface area contributed by atoms with E-state index in [1.165, 1.54) is 11.8 Å². The van der Waals surface area contributed by atoms with E-state index in [-0.39, 0.29) is 35.3 Å². The molecule has 2 aromatic carbocycles. The second-order valence-electron chi connectivity index (χ2n) is 6.72. The molecule has 2 rings (SSSR count). The van der Waals surface area contributed by atoms with Crippen LogP contribution >= 0.6 is 11.8 Å². The minimum atomic E-state index is -0.167. The molecule has 1 unspecified atom stereocenters. The molecule has 154 valence electrons. The Kier molecular flexibility index (Phi) is 8.73. The van der Waals surface area contributed by atoms with Gasteiger partial charge in [0.25, 0.3) is 0 Å². The van der Waals surface area contributed by atoms with Gasteiger partial charge < -0.3 is 16.0 Å². The van der Waals surface area contributed by atoms with Gasteiger partial charge in [-0.2, -0.15) is 0 Å². The maximum atomic E-state index is 12.1. The first-order chi connectivity index (χ1) is 13.9. The molecule has 7 heteroatoms. The third kappa shape index (κ3) is 7.99. The van der Waals surface area contributed by atoms with Crippen LogP contribution in [0.15, 0.2) is 48.5 Å². The van der Waals surface area contributed by atoms with Crippen molar-refractivity contribution < 1.29 is 14.4 Å². The number of rotatable bonds is 9. The molecule has 0 aliphatic rings. The Labute approximate surface area is 175 Å². The fourth-order valence-electron chi connectivity index (χ4n) is 2.63. The number of carbonyl (C=O) groups is 3. The predicted octanol–water partition coefficient (Wildman–Crippen LogP) is 3.89. The van der Waals surface area contributed by atoms with Crippen molar-refractivity contribution in [3.05, 3.63) is 59.7 Å². The van der Waals surface area contributed by atoms with Gasteiger partial charge in [-0.05, 0) is 49.2 Å². The molecule has 0 aromatic heterocycles. The monoisotopic (exact) mass is 413 g/mol. The molecule has 0 saturated carbocycles. The Balaban J connectivity index is 1.72. The number of amides is 3. The van der Waals surface area contributed by atoms with Crippen LogP contribution in [-0.2, 0) is 14.4 Å². The van der Waals surface area contributed by atoms with Crippen molar-refractivity contribution >= 4 is 40.9 Å². The van der Waals surface area contributed by atoms with Crippen LogP contribution in [0, 0.1) is 6.92 Å². The number of thioether (sulfide) groups is 1. The first-order valence-electron chi connectivity index (χ1n) is 9.50. The SMILES string of the molecule is CCC(=O)Nc1ccc(C(C)NC(=O)CSCC(=O)Nc2cccc(C)c2)cc1. The topological polar surface area (TPSA) is 87.3 Å². The number of nitrogens with one attached hydrogen (secondary N) is 3. The average molecular weight is 414 g/mol. The molecule has 0 spiro atoms. The maximum Gasteiger partial charge on any atom is 0.234 e. The van der Waals surface area contributed by atoms with Gasteiger partial charge >= 0.3 is 0 Å². The summed E-state index contributed by atoms with van der Waals surface area (Å²) in [5.41, 5.74) is 3.50. The van der Waals surface area contributed by atoms with Crippen molar-refractivity contribution in [2.75, 3.05) is 22.1 Å². The summed E-state index contributed by atoms with van der Waals surface area (Å²) in [4.78, 5) is 35.5. The second kappa shape index (κ2) is 11.3. The lowest BCUT2D eigenvalue weighted by atomic mass is 10.1. The van der Waals surface area contributed by atoms with Gasteiger partial charge in [0, 0.05) is 17.8 Å². The van der Waals surface area contributed by atoms with E-state index in [0.717, 1.165) is 22.5 Å². The second-order valence-corrected chi connectivity index (χ2v) is 7.71. The molecule has 0 aliphatic heterocycles. The lowest BCUT2D eigenvalue weighted by Crippen LogP contribution is -2.28. The molecule has 3 amide bonds. The van der Waals surface area contributed by atoms with E-state index in [0.29, 0.717) is 6.42 Å². The summed E-state index contributed by atoms with van der Waals surface area (Å²) in [6.45, 7) is 5.66. The molecule has 3 N–H and O–H groups in total. The lowest BCUT2D eigenvalue weighted by Gasteiger charge is -2.15. The number of anilines is 2. The maximum absolute atomic E-state index is 12.1. The number of hydrogen-bond donors (Lipinski definition) is 3. The van der Waals surface area contributed by atoms with Gasteiger partial charge in [0.1, 0.15) is 0 Å². The average Bonchev–Trinajstić information content (AvgIpc) is 2.68. The van der Waals surface area contributed by atoms with Gasteiger partial charge in [-0.25, -0.2) is 0 Å². The summed E-state index contributed by atoms with van der Waals surface area (Å²) in [7, 11) is 0. The highest BCUT2D eigenvalue weighted by Crippen LogP contribution is 2.17. The fourth-order valence-corrected chi connectivity index (χ4v) is 3.26. The van der Waals surface area contributed by atoms with Crippen LogP contribution in [0.5, 0.6) is 0 Å². The Morgan fingerprint density at radius 1 is 0.897 bits per heavy atom. The minimum Gasteiger partial charge on any atom is -0.349 e. The van der Waals surface area contributed by atoms with Gasteiger partial charge in [-0.3, -0.25) is 14.4 Å². The quantitative estimate of drug-likeness (QED) is 0.582. The van der Waals surface area contributed by atoms with E-state index in [1.54, 1.807) is 6.92 Å². The van der Waals surface area contributed by atoms with Crippen LogP contribution < -0.4 is 16.0 Å². The molecule has 0 bridgehead atoms. The molecule has 0 heterocycles. The standard InChI is InChI=1S/C22H27N3O3S/c1-4-20(26)24-18-10-8-17(9-11-18)16(3)23-21(27)13-29-14-22(28)25-19-7-5-6-15(2)12-19/h5-12,16H,4,13-14H2,1-3H3,(H,23,27)(H,24,26)(H,25,28). The van der Waals surface area contributed by atoms with Gasteiger partial charge in [0.15, 0.2) is 0 Å². The van der Waals surface area contributed by atoms with Crippen molar-refractivity contribution in [3.63, 3.8) is 0 Å². The van der Waals surface area contributed by atoms with Crippen molar-refractivity contribution in [1.82, 2.24) is 5.32 Å². The highest BCUT2D eigenvalue weighted by Gasteiger charge is 2.11. The summed E-state index contributed by atoms with van der Waals surface area (Å²) in [5, 5.41) is 8.53. The number of carbonyl (C=O) groups excluding carboxylic acids is 3. The van der Waals surface area contributed by atoms with Crippen molar-refractivity contribution in [2.45, 2.75) is 33.2 Å². The summed E-state index contributed by atoms with van der Waals surface area (Å²) < 4.78 is 0. The lowest BCUT2D eigenvalue weighted by molar-refractivity contribution is -0.119. The molecular formula is C22H27N3O3S. The van der Waals surface area contributed by atoms with Crippen LogP contribution in [0.1, 0.15) is 37.4 Å². The number of aryl methyl sites for hydroxylation is 1. The molecule has 1 atom stereocenters. The van der Waals surface area contributed by atoms with Crippen molar-refractivity contribution in [2.24, 2.45) is 0 Å². The highest BCUT2D eigenvalue weighted by atomic mass is 32.2. The molecular weight excluding hydrogens is 386 g/mol. The molecule has 0 saturated heterocycles. The number of hydrogen-bond acceptors (Lipinski definition) is 4. The third-order valence-electron chi connectivity index (χ3n) is 4.16. The molecule has 6 nitrogen and oxygen atoms in total. The summed E-state index contributed by atoms with van der Waals surface area (Å²) in [6.07, 6.45) is 0.425. The van der Waals surface area contributed by atoms with Crippen LogP contribution in [-0.4, -0.2) is 29.2 Å². The van der Waals surface area contributed by atoms with E-state index in [4.69, 9.17) is 0 Å². The van der Waals surface area contributed by atoms with Crippen molar-refractivity contribution in [1.29, 1.82) is 0 Å². The van der Waals surface area contributed by atoms with Crippen LogP contribution in [0.2, 0.25) is 0 Å². The van der Waals surface area contributed by atoms with Crippen LogP contribution in [0.3, 0.4) is 0 Å². The highest BCUT2D eigenvalue weighted by molar-refractivity contribution is 8.00. The van der Waals surface area contributed by atoms with E-state index in [9.17, 15) is 14.4 Å². The Bertz CT molecular complexity index is 853. The van der Waals surface area contributed by atoms with Gasteiger partial charge in [0.2, 0.25) is 17.7 Å². The molecule has 29 heavy (non-hydrogen) atoms. The van der Waals surface area contributed by atoms with E-state index in [2.05, 4.69) is 16.0 Å². The molecule has 0 radical (unpaired) electrons. The normalized spacial score (nSPS) is 11.4. The van der Waals surface area contributed by atoms with Crippen LogP contribution in [0.25, 0.3) is 0 Å². The Morgan fingerprint density at radius 3 is 2.21 bits per heavy atom. The zero-order chi connectivity index (χ0) is 21.2. The Morgan fingerprint density at radius 2 is 1.55 bits per heavy atom. The van der Waals surface area contributed by atoms with Crippen molar-refractivity contribution in [3.8, 4) is 0 Å². The summed E-state index contributed by atoms with van der Waals surface area (Å²) in [6, 6.07) is 14.8. The van der Waals surface area contributed by atoms with Gasteiger partial charge in [-0.15, -0.1) is 11.8 Å².